The second-order valence-corrected chi connectivity index (χ2v) is 7.88. The second-order valence-electron chi connectivity index (χ2n) is 7.88. The summed E-state index contributed by atoms with van der Waals surface area (Å²) >= 11 is 0. The van der Waals surface area contributed by atoms with Crippen LogP contribution in [0.25, 0.3) is 0 Å². The molecule has 8 nitrogen and oxygen atoms in total. The number of aromatic nitrogens is 3. The van der Waals surface area contributed by atoms with Crippen molar-refractivity contribution >= 4 is 17.6 Å². The van der Waals surface area contributed by atoms with Crippen molar-refractivity contribution in [3.63, 3.8) is 0 Å². The van der Waals surface area contributed by atoms with Crippen molar-refractivity contribution in [1.82, 2.24) is 19.8 Å². The number of aryl methyl sites for hydroxylation is 1. The van der Waals surface area contributed by atoms with Gasteiger partial charge in [0.2, 0.25) is 5.91 Å². The first-order valence-corrected chi connectivity index (χ1v) is 10.7. The molecular weight excluding hydrogens is 394 g/mol. The highest BCUT2D eigenvalue weighted by atomic mass is 16.5. The molecule has 0 spiro atoms. The minimum atomic E-state index is -0.146. The van der Waals surface area contributed by atoms with Crippen molar-refractivity contribution in [2.45, 2.75) is 39.7 Å². The molecule has 3 aromatic rings. The van der Waals surface area contributed by atoms with Gasteiger partial charge in [-0.2, -0.15) is 5.10 Å². The van der Waals surface area contributed by atoms with Gasteiger partial charge in [0.15, 0.2) is 5.82 Å². The predicted molar refractivity (Wildman–Crippen MR) is 116 cm³/mol. The van der Waals surface area contributed by atoms with E-state index in [9.17, 15) is 9.59 Å². The number of hydrogen-bond acceptors (Lipinski definition) is 5. The first-order chi connectivity index (χ1) is 15.0. The maximum atomic E-state index is 13.2. The Morgan fingerprint density at radius 3 is 2.58 bits per heavy atom. The van der Waals surface area contributed by atoms with Gasteiger partial charge >= 0.3 is 0 Å². The highest BCUT2D eigenvalue weighted by Gasteiger charge is 2.30. The summed E-state index contributed by atoms with van der Waals surface area (Å²) in [5.41, 5.74) is 2.74. The number of likely N-dealkylation sites (tertiary alicyclic amines) is 1. The number of benzene rings is 1. The second kappa shape index (κ2) is 9.16. The third-order valence-corrected chi connectivity index (χ3v) is 5.72. The molecule has 3 heterocycles. The van der Waals surface area contributed by atoms with Crippen LogP contribution in [0, 0.1) is 12.8 Å². The zero-order valence-corrected chi connectivity index (χ0v) is 17.9. The molecule has 0 unspecified atom stereocenters. The molecule has 8 heteroatoms. The van der Waals surface area contributed by atoms with Gasteiger partial charge in [-0.05, 0) is 31.7 Å². The fraction of sp³-hybridized carbons (Fsp3) is 0.391. The standard InChI is InChI=1S/C23H27N5O3/c1-3-20-19(14-24-28(20)15-17-7-5-4-6-8-17)23(30)27-11-9-18(10-12-27)22(29)25-21-13-16(2)31-26-21/h4-8,13-14,18H,3,9-12,15H2,1-2H3,(H,25,26,29). The number of carbonyl (C=O) groups is 2. The molecule has 0 saturated carbocycles. The van der Waals surface area contributed by atoms with Crippen LogP contribution in [0.5, 0.6) is 0 Å². The van der Waals surface area contributed by atoms with Gasteiger partial charge < -0.3 is 14.7 Å². The minimum absolute atomic E-state index is 0.0119. The zero-order chi connectivity index (χ0) is 21.8. The molecule has 0 aliphatic carbocycles. The molecule has 1 saturated heterocycles. The Bertz CT molecular complexity index is 1050. The monoisotopic (exact) mass is 421 g/mol. The fourth-order valence-electron chi connectivity index (χ4n) is 4.02. The third-order valence-electron chi connectivity index (χ3n) is 5.72. The summed E-state index contributed by atoms with van der Waals surface area (Å²) < 4.78 is 6.89. The maximum Gasteiger partial charge on any atom is 0.257 e. The minimum Gasteiger partial charge on any atom is -0.360 e. The normalized spacial score (nSPS) is 14.6. The van der Waals surface area contributed by atoms with E-state index in [4.69, 9.17) is 4.52 Å². The van der Waals surface area contributed by atoms with E-state index in [1.54, 1.807) is 19.2 Å². The number of rotatable bonds is 6. The van der Waals surface area contributed by atoms with Crippen LogP contribution in [0.3, 0.4) is 0 Å². The first-order valence-electron chi connectivity index (χ1n) is 10.7. The van der Waals surface area contributed by atoms with Gasteiger partial charge in [0, 0.05) is 25.1 Å². The summed E-state index contributed by atoms with van der Waals surface area (Å²) in [5, 5.41) is 11.1. The molecule has 1 aliphatic rings. The van der Waals surface area contributed by atoms with Gasteiger partial charge in [-0.25, -0.2) is 0 Å². The number of hydrogen-bond donors (Lipinski definition) is 1. The lowest BCUT2D eigenvalue weighted by Gasteiger charge is -2.31. The van der Waals surface area contributed by atoms with E-state index in [0.717, 1.165) is 17.7 Å². The summed E-state index contributed by atoms with van der Waals surface area (Å²) in [6.45, 7) is 5.54. The average Bonchev–Trinajstić information content (AvgIpc) is 3.39. The van der Waals surface area contributed by atoms with E-state index in [-0.39, 0.29) is 17.7 Å². The van der Waals surface area contributed by atoms with Gasteiger partial charge in [-0.3, -0.25) is 14.3 Å². The van der Waals surface area contributed by atoms with Crippen LogP contribution in [0.4, 0.5) is 5.82 Å². The summed E-state index contributed by atoms with van der Waals surface area (Å²) in [6, 6.07) is 11.8. The lowest BCUT2D eigenvalue weighted by Crippen LogP contribution is -2.41. The van der Waals surface area contributed by atoms with Crippen molar-refractivity contribution in [3.8, 4) is 0 Å². The Kier molecular flexibility index (Phi) is 6.16. The molecule has 2 aromatic heterocycles. The lowest BCUT2D eigenvalue weighted by atomic mass is 9.95. The van der Waals surface area contributed by atoms with E-state index in [0.29, 0.717) is 49.6 Å². The molecule has 1 N–H and O–H groups in total. The zero-order valence-electron chi connectivity index (χ0n) is 17.9. The van der Waals surface area contributed by atoms with Crippen LogP contribution in [0.2, 0.25) is 0 Å². The van der Waals surface area contributed by atoms with Crippen LogP contribution < -0.4 is 5.32 Å². The summed E-state index contributed by atoms with van der Waals surface area (Å²) in [7, 11) is 0. The SMILES string of the molecule is CCc1c(C(=O)N2CCC(C(=O)Nc3cc(C)on3)CC2)cnn1Cc1ccccc1. The Hall–Kier alpha value is -3.42. The summed E-state index contributed by atoms with van der Waals surface area (Å²) in [6.07, 6.45) is 3.64. The molecule has 1 fully saturated rings. The van der Waals surface area contributed by atoms with Gasteiger partial charge in [-0.15, -0.1) is 0 Å². The van der Waals surface area contributed by atoms with Gasteiger partial charge in [0.25, 0.3) is 5.91 Å². The quantitative estimate of drug-likeness (QED) is 0.659. The molecule has 2 amide bonds. The smallest absolute Gasteiger partial charge is 0.257 e. The Labute approximate surface area is 181 Å². The van der Waals surface area contributed by atoms with E-state index >= 15 is 0 Å². The fourth-order valence-corrected chi connectivity index (χ4v) is 4.02. The largest absolute Gasteiger partial charge is 0.360 e. The maximum absolute atomic E-state index is 13.2. The molecule has 1 aliphatic heterocycles. The first kappa shape index (κ1) is 20.8. The van der Waals surface area contributed by atoms with Crippen molar-refractivity contribution in [2.24, 2.45) is 5.92 Å². The van der Waals surface area contributed by atoms with Crippen LogP contribution >= 0.6 is 0 Å². The van der Waals surface area contributed by atoms with Gasteiger partial charge in [0.05, 0.1) is 24.0 Å². The topological polar surface area (TPSA) is 93.3 Å². The number of nitrogens with one attached hydrogen (secondary N) is 1. The molecule has 162 valence electrons. The van der Waals surface area contributed by atoms with Gasteiger partial charge in [0.1, 0.15) is 5.76 Å². The van der Waals surface area contributed by atoms with Crippen LogP contribution in [-0.2, 0) is 17.8 Å². The Morgan fingerprint density at radius 2 is 1.94 bits per heavy atom. The lowest BCUT2D eigenvalue weighted by molar-refractivity contribution is -0.121. The van der Waals surface area contributed by atoms with Gasteiger partial charge in [-0.1, -0.05) is 42.4 Å². The van der Waals surface area contributed by atoms with Crippen molar-refractivity contribution < 1.29 is 14.1 Å². The Balaban J connectivity index is 1.38. The molecule has 1 aromatic carbocycles. The highest BCUT2D eigenvalue weighted by molar-refractivity contribution is 5.96. The highest BCUT2D eigenvalue weighted by Crippen LogP contribution is 2.22. The number of piperidine rings is 1. The number of amides is 2. The van der Waals surface area contributed by atoms with Crippen molar-refractivity contribution in [2.75, 3.05) is 18.4 Å². The van der Waals surface area contributed by atoms with Crippen LogP contribution in [0.15, 0.2) is 47.1 Å². The molecule has 4 rings (SSSR count). The van der Waals surface area contributed by atoms with E-state index in [1.807, 2.05) is 34.7 Å². The van der Waals surface area contributed by atoms with Crippen molar-refractivity contribution in [3.05, 3.63) is 65.2 Å². The average molecular weight is 422 g/mol. The summed E-state index contributed by atoms with van der Waals surface area (Å²) in [5.74, 6) is 0.842. The number of anilines is 1. The number of nitrogens with zero attached hydrogens (tertiary/aromatic N) is 4. The predicted octanol–water partition coefficient (Wildman–Crippen LogP) is 3.28. The van der Waals surface area contributed by atoms with Crippen LogP contribution in [0.1, 0.15) is 47.1 Å². The molecule has 31 heavy (non-hydrogen) atoms. The van der Waals surface area contributed by atoms with E-state index < -0.39 is 0 Å². The molecule has 0 radical (unpaired) electrons. The van der Waals surface area contributed by atoms with E-state index in [1.165, 1.54) is 0 Å². The molecule has 0 bridgehead atoms. The Morgan fingerprint density at radius 1 is 1.19 bits per heavy atom. The van der Waals surface area contributed by atoms with E-state index in [2.05, 4.69) is 27.7 Å². The molecule has 0 atom stereocenters. The van der Waals surface area contributed by atoms with Crippen LogP contribution in [-0.4, -0.2) is 44.7 Å². The summed E-state index contributed by atoms with van der Waals surface area (Å²) in [4.78, 5) is 27.5. The third kappa shape index (κ3) is 4.68. The van der Waals surface area contributed by atoms with Crippen molar-refractivity contribution in [1.29, 1.82) is 0 Å². The molecular formula is C23H27N5O3. The number of carbonyl (C=O) groups excluding carboxylic acids is 2.